The first-order valence-electron chi connectivity index (χ1n) is 10.3. The minimum atomic E-state index is -4.41. The van der Waals surface area contributed by atoms with Gasteiger partial charge in [-0.3, -0.25) is 9.59 Å². The zero-order valence-corrected chi connectivity index (χ0v) is 17.3. The Morgan fingerprint density at radius 3 is 2.35 bits per heavy atom. The van der Waals surface area contributed by atoms with Crippen molar-refractivity contribution in [2.75, 3.05) is 23.3 Å². The molecule has 2 amide bonds. The van der Waals surface area contributed by atoms with E-state index in [0.29, 0.717) is 11.3 Å². The zero-order chi connectivity index (χ0) is 22.4. The van der Waals surface area contributed by atoms with Crippen LogP contribution in [0.15, 0.2) is 48.5 Å². The maximum Gasteiger partial charge on any atom is 0.416 e. The van der Waals surface area contributed by atoms with E-state index in [0.717, 1.165) is 30.9 Å². The molecule has 0 aromatic heterocycles. The quantitative estimate of drug-likeness (QED) is 0.681. The number of benzene rings is 2. The number of nitrogens with one attached hydrogen (secondary N) is 2. The van der Waals surface area contributed by atoms with E-state index in [9.17, 15) is 22.8 Å². The predicted molar refractivity (Wildman–Crippen MR) is 114 cm³/mol. The van der Waals surface area contributed by atoms with Crippen molar-refractivity contribution in [2.24, 2.45) is 0 Å². The summed E-state index contributed by atoms with van der Waals surface area (Å²) in [5.41, 5.74) is 1.50. The molecule has 1 aliphatic heterocycles. The molecular formula is C23H26F3N3O2. The van der Waals surface area contributed by atoms with Crippen LogP contribution in [0, 0.1) is 0 Å². The molecule has 2 aromatic carbocycles. The monoisotopic (exact) mass is 433 g/mol. The van der Waals surface area contributed by atoms with Crippen LogP contribution in [0.25, 0.3) is 0 Å². The summed E-state index contributed by atoms with van der Waals surface area (Å²) in [5, 5.41) is 5.57. The Morgan fingerprint density at radius 1 is 1.03 bits per heavy atom. The number of anilines is 2. The van der Waals surface area contributed by atoms with E-state index in [2.05, 4.69) is 15.5 Å². The highest BCUT2D eigenvalue weighted by Crippen LogP contribution is 2.29. The summed E-state index contributed by atoms with van der Waals surface area (Å²) in [5.74, 6) is -0.572. The van der Waals surface area contributed by atoms with E-state index < -0.39 is 17.8 Å². The van der Waals surface area contributed by atoms with Gasteiger partial charge in [-0.05, 0) is 55.7 Å². The van der Waals surface area contributed by atoms with Gasteiger partial charge in [0.25, 0.3) is 0 Å². The van der Waals surface area contributed by atoms with Crippen molar-refractivity contribution in [3.05, 3.63) is 59.7 Å². The summed E-state index contributed by atoms with van der Waals surface area (Å²) in [4.78, 5) is 26.8. The van der Waals surface area contributed by atoms with E-state index in [4.69, 9.17) is 0 Å². The fraction of sp³-hybridized carbons (Fsp3) is 0.391. The molecule has 1 saturated heterocycles. The minimum absolute atomic E-state index is 0.0536. The molecule has 1 heterocycles. The second-order valence-corrected chi connectivity index (χ2v) is 7.84. The largest absolute Gasteiger partial charge is 0.416 e. The molecule has 1 atom stereocenters. The van der Waals surface area contributed by atoms with Crippen LogP contribution in [-0.2, 0) is 22.2 Å². The first-order valence-corrected chi connectivity index (χ1v) is 10.3. The number of carbonyl (C=O) groups excluding carboxylic acids is 2. The molecule has 2 aromatic rings. The van der Waals surface area contributed by atoms with Gasteiger partial charge in [0.05, 0.1) is 12.0 Å². The van der Waals surface area contributed by atoms with Crippen molar-refractivity contribution in [2.45, 2.75) is 44.8 Å². The molecule has 2 N–H and O–H groups in total. The Kier molecular flexibility index (Phi) is 7.20. The van der Waals surface area contributed by atoms with Gasteiger partial charge in [-0.15, -0.1) is 0 Å². The number of rotatable bonds is 7. The number of nitrogens with zero attached hydrogens (tertiary/aromatic N) is 1. The van der Waals surface area contributed by atoms with E-state index in [1.54, 1.807) is 6.92 Å². The predicted octanol–water partition coefficient (Wildman–Crippen LogP) is 4.38. The third-order valence-corrected chi connectivity index (χ3v) is 5.15. The molecule has 0 aliphatic carbocycles. The fourth-order valence-electron chi connectivity index (χ4n) is 3.62. The van der Waals surface area contributed by atoms with Gasteiger partial charge in [0, 0.05) is 36.9 Å². The number of hydrogen-bond acceptors (Lipinski definition) is 3. The van der Waals surface area contributed by atoms with Crippen molar-refractivity contribution >= 4 is 23.2 Å². The van der Waals surface area contributed by atoms with Gasteiger partial charge < -0.3 is 15.5 Å². The maximum absolute atomic E-state index is 12.6. The first kappa shape index (κ1) is 22.7. The normalized spacial score (nSPS) is 14.9. The molecule has 1 unspecified atom stereocenters. The lowest BCUT2D eigenvalue weighted by Gasteiger charge is -2.19. The topological polar surface area (TPSA) is 61.4 Å². The molecule has 0 bridgehead atoms. The van der Waals surface area contributed by atoms with E-state index in [-0.39, 0.29) is 24.7 Å². The van der Waals surface area contributed by atoms with E-state index in [1.807, 2.05) is 24.3 Å². The van der Waals surface area contributed by atoms with Crippen LogP contribution in [0.3, 0.4) is 0 Å². The minimum Gasteiger partial charge on any atom is -0.371 e. The number of hydrogen-bond donors (Lipinski definition) is 2. The number of amides is 2. The second kappa shape index (κ2) is 9.85. The van der Waals surface area contributed by atoms with Gasteiger partial charge in [-0.2, -0.15) is 13.2 Å². The highest BCUT2D eigenvalue weighted by atomic mass is 19.4. The third kappa shape index (κ3) is 6.73. The van der Waals surface area contributed by atoms with Crippen molar-refractivity contribution in [1.82, 2.24) is 5.32 Å². The Labute approximate surface area is 179 Å². The van der Waals surface area contributed by atoms with Gasteiger partial charge >= 0.3 is 6.18 Å². The van der Waals surface area contributed by atoms with Gasteiger partial charge in [0.2, 0.25) is 11.8 Å². The van der Waals surface area contributed by atoms with Crippen molar-refractivity contribution < 1.29 is 22.8 Å². The maximum atomic E-state index is 12.6. The standard InChI is InChI=1S/C23H26F3N3O2/c1-16(27-22(31)14-17-7-9-18(10-8-17)23(24,25)26)13-21(30)28-19-5-4-6-20(15-19)29-11-2-3-12-29/h4-10,15-16H,2-3,11-14H2,1H3,(H,27,31)(H,28,30). The summed E-state index contributed by atoms with van der Waals surface area (Å²) < 4.78 is 37.8. The Morgan fingerprint density at radius 2 is 1.71 bits per heavy atom. The SMILES string of the molecule is CC(CC(=O)Nc1cccc(N2CCCC2)c1)NC(=O)Cc1ccc(C(F)(F)F)cc1. The summed E-state index contributed by atoms with van der Waals surface area (Å²) >= 11 is 0. The van der Waals surface area contributed by atoms with Crippen molar-refractivity contribution in [1.29, 1.82) is 0 Å². The number of halogens is 3. The molecule has 166 valence electrons. The lowest BCUT2D eigenvalue weighted by atomic mass is 10.1. The smallest absolute Gasteiger partial charge is 0.371 e. The molecule has 0 radical (unpaired) electrons. The van der Waals surface area contributed by atoms with Crippen LogP contribution in [0.2, 0.25) is 0 Å². The van der Waals surface area contributed by atoms with Crippen LogP contribution < -0.4 is 15.5 Å². The van der Waals surface area contributed by atoms with Crippen LogP contribution >= 0.6 is 0 Å². The lowest BCUT2D eigenvalue weighted by Crippen LogP contribution is -2.36. The van der Waals surface area contributed by atoms with Crippen LogP contribution in [-0.4, -0.2) is 30.9 Å². The van der Waals surface area contributed by atoms with Crippen molar-refractivity contribution in [3.63, 3.8) is 0 Å². The summed E-state index contributed by atoms with van der Waals surface area (Å²) in [7, 11) is 0. The Hall–Kier alpha value is -3.03. The van der Waals surface area contributed by atoms with E-state index >= 15 is 0 Å². The molecule has 3 rings (SSSR count). The molecule has 0 spiro atoms. The average molecular weight is 433 g/mol. The van der Waals surface area contributed by atoms with Gasteiger partial charge in [-0.1, -0.05) is 18.2 Å². The molecule has 0 saturated carbocycles. The fourth-order valence-corrected chi connectivity index (χ4v) is 3.62. The van der Waals surface area contributed by atoms with Crippen LogP contribution in [0.5, 0.6) is 0 Å². The van der Waals surface area contributed by atoms with Crippen molar-refractivity contribution in [3.8, 4) is 0 Å². The van der Waals surface area contributed by atoms with E-state index in [1.165, 1.54) is 25.0 Å². The zero-order valence-electron chi connectivity index (χ0n) is 17.3. The Balaban J connectivity index is 1.46. The Bertz CT molecular complexity index is 907. The number of alkyl halides is 3. The molecule has 31 heavy (non-hydrogen) atoms. The van der Waals surface area contributed by atoms with Gasteiger partial charge in [0.1, 0.15) is 0 Å². The highest BCUT2D eigenvalue weighted by Gasteiger charge is 2.30. The summed E-state index contributed by atoms with van der Waals surface area (Å²) in [6.45, 7) is 3.74. The second-order valence-electron chi connectivity index (χ2n) is 7.84. The summed E-state index contributed by atoms with van der Waals surface area (Å²) in [6.07, 6.45) is -2.04. The molecule has 1 fully saturated rings. The molecule has 8 heteroatoms. The van der Waals surface area contributed by atoms with Gasteiger partial charge in [0.15, 0.2) is 0 Å². The first-order chi connectivity index (χ1) is 14.7. The van der Waals surface area contributed by atoms with Crippen LogP contribution in [0.1, 0.15) is 37.3 Å². The van der Waals surface area contributed by atoms with Crippen LogP contribution in [0.4, 0.5) is 24.5 Å². The summed E-state index contributed by atoms with van der Waals surface area (Å²) in [6, 6.07) is 11.8. The van der Waals surface area contributed by atoms with Gasteiger partial charge in [-0.25, -0.2) is 0 Å². The number of carbonyl (C=O) groups is 2. The molecular weight excluding hydrogens is 407 g/mol. The lowest BCUT2D eigenvalue weighted by molar-refractivity contribution is -0.137. The molecule has 5 nitrogen and oxygen atoms in total. The molecule has 1 aliphatic rings. The highest BCUT2D eigenvalue weighted by molar-refractivity contribution is 5.92. The third-order valence-electron chi connectivity index (χ3n) is 5.15. The average Bonchev–Trinajstić information content (AvgIpc) is 3.22.